The van der Waals surface area contributed by atoms with Gasteiger partial charge < -0.3 is 49.3 Å². The van der Waals surface area contributed by atoms with Gasteiger partial charge in [-0.15, -0.1) is 0 Å². The van der Waals surface area contributed by atoms with Gasteiger partial charge in [0.1, 0.15) is 36.1 Å². The summed E-state index contributed by atoms with van der Waals surface area (Å²) in [4.78, 5) is 73.8. The maximum atomic E-state index is 14.4. The molecule has 7 atom stereocenters. The Morgan fingerprint density at radius 3 is 2.36 bits per heavy atom. The second-order valence-electron chi connectivity index (χ2n) is 17.9. The quantitative estimate of drug-likeness (QED) is 0.0936. The van der Waals surface area contributed by atoms with Crippen molar-refractivity contribution in [1.82, 2.24) is 40.4 Å². The van der Waals surface area contributed by atoms with Gasteiger partial charge in [0, 0.05) is 37.1 Å². The van der Waals surface area contributed by atoms with E-state index in [4.69, 9.17) is 28.9 Å². The highest BCUT2D eigenvalue weighted by Gasteiger charge is 2.43. The number of aromatic nitrogens is 4. The molecule has 2 saturated heterocycles. The first kappa shape index (κ1) is 44.3. The molecule has 9 rings (SSSR count). The molecule has 16 heteroatoms. The highest BCUT2D eigenvalue weighted by molar-refractivity contribution is 6.07. The molecule has 0 spiro atoms. The molecule has 0 saturated carbocycles. The number of amides is 4. The van der Waals surface area contributed by atoms with Crippen molar-refractivity contribution in [2.24, 2.45) is 17.8 Å². The van der Waals surface area contributed by atoms with Gasteiger partial charge in [0.15, 0.2) is 0 Å². The molecule has 6 aromatic rings. The lowest BCUT2D eigenvalue weighted by atomic mass is 9.92. The Kier molecular flexibility index (Phi) is 12.4. The molecular weight excluding hydrogens is 841 g/mol. The SMILES string of the molecule is CC[C@H](C)[C@H](NC(=O)OC)C(=O)N1CC(C)CC1c1ncc(-c2ccc3c(c2)COc2cc4c(ccc5[nH]c([C@@H]6C[C@H](COC)CN6C(=O)C(NC(=O)OC)c6ccccc6)nc54)cc2-3)[nH]1. The first-order valence-electron chi connectivity index (χ1n) is 22.6. The summed E-state index contributed by atoms with van der Waals surface area (Å²) in [6, 6.07) is 21.4. The summed E-state index contributed by atoms with van der Waals surface area (Å²) < 4.78 is 21.8. The lowest BCUT2D eigenvalue weighted by Gasteiger charge is -2.30. The number of hydrogen-bond acceptors (Lipinski definition) is 10. The first-order chi connectivity index (χ1) is 32.0. The van der Waals surface area contributed by atoms with Crippen LogP contribution in [-0.4, -0.2) is 101 Å². The fourth-order valence-corrected chi connectivity index (χ4v) is 9.94. The van der Waals surface area contributed by atoms with Crippen molar-refractivity contribution in [3.05, 3.63) is 102 Å². The minimum absolute atomic E-state index is 0.0579. The zero-order chi connectivity index (χ0) is 46.2. The topological polar surface area (TPSA) is 193 Å². The molecule has 3 aliphatic heterocycles. The van der Waals surface area contributed by atoms with E-state index >= 15 is 0 Å². The number of rotatable bonds is 12. The number of imidazole rings is 2. The fraction of sp³-hybridized carbons (Fsp3) is 0.400. The van der Waals surface area contributed by atoms with Crippen LogP contribution in [0.2, 0.25) is 0 Å². The van der Waals surface area contributed by atoms with Gasteiger partial charge >= 0.3 is 12.2 Å². The van der Waals surface area contributed by atoms with Crippen molar-refractivity contribution in [2.75, 3.05) is 41.0 Å². The van der Waals surface area contributed by atoms with Gasteiger partial charge in [0.2, 0.25) is 5.91 Å². The summed E-state index contributed by atoms with van der Waals surface area (Å²) in [6.45, 7) is 7.91. The van der Waals surface area contributed by atoms with Crippen molar-refractivity contribution in [2.45, 2.75) is 70.8 Å². The highest BCUT2D eigenvalue weighted by atomic mass is 16.5. The number of aromatic amines is 2. The summed E-state index contributed by atoms with van der Waals surface area (Å²) in [6.07, 6.45) is 2.58. The van der Waals surface area contributed by atoms with E-state index in [0.29, 0.717) is 56.4 Å². The van der Waals surface area contributed by atoms with Crippen LogP contribution in [-0.2, 0) is 30.4 Å². The zero-order valence-electron chi connectivity index (χ0n) is 38.1. The van der Waals surface area contributed by atoms with Crippen LogP contribution >= 0.6 is 0 Å². The third-order valence-corrected chi connectivity index (χ3v) is 13.5. The Morgan fingerprint density at radius 2 is 1.61 bits per heavy atom. The Bertz CT molecular complexity index is 2790. The molecule has 2 aromatic heterocycles. The average molecular weight is 897 g/mol. The number of carbonyl (C=O) groups excluding carboxylic acids is 4. The van der Waals surface area contributed by atoms with E-state index in [1.54, 1.807) is 12.0 Å². The predicted molar refractivity (Wildman–Crippen MR) is 247 cm³/mol. The molecule has 5 heterocycles. The van der Waals surface area contributed by atoms with Crippen LogP contribution < -0.4 is 15.4 Å². The van der Waals surface area contributed by atoms with E-state index in [9.17, 15) is 19.2 Å². The Labute approximate surface area is 382 Å². The van der Waals surface area contributed by atoms with Crippen LogP contribution in [0.5, 0.6) is 5.75 Å². The molecular formula is C50H56N8O8. The van der Waals surface area contributed by atoms with Crippen molar-refractivity contribution in [3.63, 3.8) is 0 Å². The van der Waals surface area contributed by atoms with E-state index in [2.05, 4.69) is 63.9 Å². The van der Waals surface area contributed by atoms with Gasteiger partial charge in [0.25, 0.3) is 5.91 Å². The number of fused-ring (bicyclic) bond motifs is 6. The standard InChI is InChI=1S/C50H56N8O8/c1-7-28(3)42(55-49(61)64-5)47(59)57-23-27(2)17-39(57)45-51-22-38(53-45)32-13-15-34-33(19-32)26-66-41-21-35-31(20-36(34)41)14-16-37-44(35)54-46(52-37)40-18-29(25-63-4)24-58(40)48(60)43(56-50(62)65-6)30-11-9-8-10-12-30/h8-16,19-22,27-29,39-40,42-43H,7,17-18,23-26H2,1-6H3,(H,51,53)(H,52,54)(H,55,61)(H,56,62)/t27?,28-,29-,39?,40-,42-,43?/m0/s1. The molecule has 0 bridgehead atoms. The number of methoxy groups -OCH3 is 3. The van der Waals surface area contributed by atoms with Gasteiger partial charge in [0.05, 0.1) is 55.8 Å². The number of benzene rings is 4. The van der Waals surface area contributed by atoms with Gasteiger partial charge in [-0.2, -0.15) is 0 Å². The number of H-pyrrole nitrogens is 2. The van der Waals surface area contributed by atoms with Crippen molar-refractivity contribution < 1.29 is 38.1 Å². The molecule has 4 N–H and O–H groups in total. The third kappa shape index (κ3) is 8.41. The van der Waals surface area contributed by atoms with Gasteiger partial charge in [-0.05, 0) is 76.6 Å². The summed E-state index contributed by atoms with van der Waals surface area (Å²) >= 11 is 0. The molecule has 2 fully saturated rings. The highest BCUT2D eigenvalue weighted by Crippen LogP contribution is 2.44. The second-order valence-corrected chi connectivity index (χ2v) is 17.9. The monoisotopic (exact) mass is 896 g/mol. The van der Waals surface area contributed by atoms with Gasteiger partial charge in [-0.25, -0.2) is 19.6 Å². The van der Waals surface area contributed by atoms with Crippen LogP contribution in [0.1, 0.15) is 80.9 Å². The minimum atomic E-state index is -0.956. The maximum absolute atomic E-state index is 14.4. The zero-order valence-corrected chi connectivity index (χ0v) is 38.1. The number of ether oxygens (including phenoxy) is 4. The van der Waals surface area contributed by atoms with Crippen molar-refractivity contribution >= 4 is 45.8 Å². The maximum Gasteiger partial charge on any atom is 0.407 e. The Morgan fingerprint density at radius 1 is 0.848 bits per heavy atom. The Balaban J connectivity index is 0.979. The minimum Gasteiger partial charge on any atom is -0.488 e. The average Bonchev–Trinajstić information content (AvgIpc) is 4.17. The molecule has 3 unspecified atom stereocenters. The van der Waals surface area contributed by atoms with Crippen LogP contribution in [0.4, 0.5) is 9.59 Å². The number of nitrogens with one attached hydrogen (secondary N) is 4. The summed E-state index contributed by atoms with van der Waals surface area (Å²) in [5.74, 6) is 1.94. The summed E-state index contributed by atoms with van der Waals surface area (Å²) in [5.41, 5.74) is 7.10. The normalized spacial score (nSPS) is 20.3. The van der Waals surface area contributed by atoms with E-state index in [0.717, 1.165) is 61.9 Å². The lowest BCUT2D eigenvalue weighted by molar-refractivity contribution is -0.136. The van der Waals surface area contributed by atoms with E-state index < -0.39 is 30.3 Å². The largest absolute Gasteiger partial charge is 0.488 e. The van der Waals surface area contributed by atoms with Crippen LogP contribution in [0, 0.1) is 17.8 Å². The molecule has 3 aliphatic rings. The van der Waals surface area contributed by atoms with Crippen molar-refractivity contribution in [3.8, 4) is 28.1 Å². The van der Waals surface area contributed by atoms with E-state index in [-0.39, 0.29) is 35.6 Å². The predicted octanol–water partition coefficient (Wildman–Crippen LogP) is 7.98. The number of alkyl carbamates (subject to hydrolysis) is 2. The third-order valence-electron chi connectivity index (χ3n) is 13.5. The van der Waals surface area contributed by atoms with Gasteiger partial charge in [-0.1, -0.05) is 75.7 Å². The van der Waals surface area contributed by atoms with E-state index in [1.807, 2.05) is 61.3 Å². The number of nitrogens with zero attached hydrogens (tertiary/aromatic N) is 4. The van der Waals surface area contributed by atoms with Crippen LogP contribution in [0.15, 0.2) is 79.0 Å². The van der Waals surface area contributed by atoms with Crippen LogP contribution in [0.3, 0.4) is 0 Å². The van der Waals surface area contributed by atoms with E-state index in [1.165, 1.54) is 14.2 Å². The number of hydrogen-bond donors (Lipinski definition) is 4. The molecule has 344 valence electrons. The second kappa shape index (κ2) is 18.5. The number of carbonyl (C=O) groups is 4. The summed E-state index contributed by atoms with van der Waals surface area (Å²) in [7, 11) is 4.23. The van der Waals surface area contributed by atoms with Crippen molar-refractivity contribution in [1.29, 1.82) is 0 Å². The number of likely N-dealkylation sites (tertiary alicyclic amines) is 2. The smallest absolute Gasteiger partial charge is 0.407 e. The first-order valence-corrected chi connectivity index (χ1v) is 22.6. The Hall–Kier alpha value is -6.94. The lowest BCUT2D eigenvalue weighted by Crippen LogP contribution is -2.51. The molecule has 4 aromatic carbocycles. The molecule has 66 heavy (non-hydrogen) atoms. The fourth-order valence-electron chi connectivity index (χ4n) is 9.94. The van der Waals surface area contributed by atoms with Gasteiger partial charge in [-0.3, -0.25) is 9.59 Å². The molecule has 4 amide bonds. The molecule has 0 aliphatic carbocycles. The molecule has 0 radical (unpaired) electrons. The summed E-state index contributed by atoms with van der Waals surface area (Å²) in [5, 5.41) is 7.43. The van der Waals surface area contributed by atoms with Crippen LogP contribution in [0.25, 0.3) is 44.2 Å². The molecule has 16 nitrogen and oxygen atoms in total.